The van der Waals surface area contributed by atoms with Crippen molar-refractivity contribution in [1.29, 1.82) is 0 Å². The van der Waals surface area contributed by atoms with Gasteiger partial charge in [-0.05, 0) is 30.3 Å². The number of H-pyrrole nitrogens is 1. The first-order chi connectivity index (χ1) is 12.2. The van der Waals surface area contributed by atoms with Crippen molar-refractivity contribution in [2.24, 2.45) is 0 Å². The van der Waals surface area contributed by atoms with E-state index < -0.39 is 6.03 Å². The van der Waals surface area contributed by atoms with Gasteiger partial charge in [-0.25, -0.2) is 4.79 Å². The quantitative estimate of drug-likeness (QED) is 0.624. The van der Waals surface area contributed by atoms with Crippen molar-refractivity contribution in [1.82, 2.24) is 10.2 Å². The summed E-state index contributed by atoms with van der Waals surface area (Å²) in [5, 5.41) is 13.1. The molecule has 2 amide bonds. The Morgan fingerprint density at radius 3 is 2.92 bits per heavy atom. The Morgan fingerprint density at radius 2 is 2.12 bits per heavy atom. The molecule has 0 spiro atoms. The van der Waals surface area contributed by atoms with E-state index in [2.05, 4.69) is 26.8 Å². The number of rotatable bonds is 5. The molecule has 1 aromatic heterocycles. The van der Waals surface area contributed by atoms with Crippen LogP contribution >= 0.6 is 0 Å². The van der Waals surface area contributed by atoms with Gasteiger partial charge in [0.05, 0.1) is 12.6 Å². The maximum Gasteiger partial charge on any atom is 0.324 e. The third-order valence-electron chi connectivity index (χ3n) is 3.42. The van der Waals surface area contributed by atoms with Crippen molar-refractivity contribution >= 4 is 28.4 Å². The van der Waals surface area contributed by atoms with Gasteiger partial charge in [0.2, 0.25) is 0 Å². The van der Waals surface area contributed by atoms with Gasteiger partial charge < -0.3 is 14.8 Å². The van der Waals surface area contributed by atoms with Crippen LogP contribution in [0.5, 0.6) is 11.5 Å². The van der Waals surface area contributed by atoms with Crippen LogP contribution in [0.25, 0.3) is 10.9 Å². The largest absolute Gasteiger partial charge is 0.497 e. The van der Waals surface area contributed by atoms with Crippen LogP contribution in [0.2, 0.25) is 0 Å². The number of hydrogen-bond donors (Lipinski definition) is 3. The minimum Gasteiger partial charge on any atom is -0.497 e. The van der Waals surface area contributed by atoms with Crippen LogP contribution in [0, 0.1) is 12.3 Å². The van der Waals surface area contributed by atoms with Gasteiger partial charge in [0, 0.05) is 17.1 Å². The molecule has 0 atom stereocenters. The van der Waals surface area contributed by atoms with Gasteiger partial charge in [-0.3, -0.25) is 10.4 Å². The lowest BCUT2D eigenvalue weighted by atomic mass is 10.2. The van der Waals surface area contributed by atoms with Crippen molar-refractivity contribution < 1.29 is 14.3 Å². The van der Waals surface area contributed by atoms with E-state index in [9.17, 15) is 4.79 Å². The lowest BCUT2D eigenvalue weighted by molar-refractivity contribution is 0.262. The van der Waals surface area contributed by atoms with Crippen LogP contribution in [-0.4, -0.2) is 29.9 Å². The summed E-state index contributed by atoms with van der Waals surface area (Å²) in [7, 11) is 1.56. The summed E-state index contributed by atoms with van der Waals surface area (Å²) < 4.78 is 10.5. The first kappa shape index (κ1) is 16.2. The van der Waals surface area contributed by atoms with Gasteiger partial charge >= 0.3 is 6.03 Å². The highest BCUT2D eigenvalue weighted by Crippen LogP contribution is 2.25. The summed E-state index contributed by atoms with van der Waals surface area (Å²) in [5.41, 5.74) is 1.37. The molecule has 0 saturated heterocycles. The van der Waals surface area contributed by atoms with Crippen molar-refractivity contribution in [2.45, 2.75) is 0 Å². The Hall–Kier alpha value is -3.66. The van der Waals surface area contributed by atoms with E-state index in [1.165, 1.54) is 0 Å². The molecule has 0 aliphatic heterocycles. The average Bonchev–Trinajstić information content (AvgIpc) is 3.02. The van der Waals surface area contributed by atoms with Crippen LogP contribution in [-0.2, 0) is 0 Å². The summed E-state index contributed by atoms with van der Waals surface area (Å²) >= 11 is 0. The van der Waals surface area contributed by atoms with E-state index in [0.717, 1.165) is 10.9 Å². The second-order valence-electron chi connectivity index (χ2n) is 5.08. The van der Waals surface area contributed by atoms with Gasteiger partial charge in [0.15, 0.2) is 5.82 Å². The molecular weight excluding hydrogens is 320 g/mol. The molecule has 1 heterocycles. The SMILES string of the molecule is C#CCOc1ccc2[nH]nc(NC(=O)Nc3cccc(OC)c3)c2c1. The lowest BCUT2D eigenvalue weighted by Gasteiger charge is -2.08. The van der Waals surface area contributed by atoms with E-state index in [-0.39, 0.29) is 6.61 Å². The molecular formula is C18H16N4O3. The average molecular weight is 336 g/mol. The summed E-state index contributed by atoms with van der Waals surface area (Å²) in [4.78, 5) is 12.2. The molecule has 0 saturated carbocycles. The fourth-order valence-electron chi connectivity index (χ4n) is 2.27. The van der Waals surface area contributed by atoms with Gasteiger partial charge in [-0.1, -0.05) is 12.0 Å². The molecule has 126 valence electrons. The smallest absolute Gasteiger partial charge is 0.324 e. The molecule has 0 aliphatic carbocycles. The molecule has 0 unspecified atom stereocenters. The van der Waals surface area contributed by atoms with Crippen LogP contribution < -0.4 is 20.1 Å². The van der Waals surface area contributed by atoms with Crippen molar-refractivity contribution in [3.8, 4) is 23.8 Å². The molecule has 0 aliphatic rings. The molecule has 0 bridgehead atoms. The molecule has 0 radical (unpaired) electrons. The van der Waals surface area contributed by atoms with Gasteiger partial charge in [0.25, 0.3) is 0 Å². The second-order valence-corrected chi connectivity index (χ2v) is 5.08. The van der Waals surface area contributed by atoms with Crippen molar-refractivity contribution in [3.63, 3.8) is 0 Å². The van der Waals surface area contributed by atoms with Crippen molar-refractivity contribution in [3.05, 3.63) is 42.5 Å². The fraction of sp³-hybridized carbons (Fsp3) is 0.111. The van der Waals surface area contributed by atoms with Crippen LogP contribution in [0.4, 0.5) is 16.3 Å². The third-order valence-corrected chi connectivity index (χ3v) is 3.42. The predicted octanol–water partition coefficient (Wildman–Crippen LogP) is 3.23. The summed E-state index contributed by atoms with van der Waals surface area (Å²) in [5.74, 6) is 4.05. The van der Waals surface area contributed by atoms with E-state index in [1.54, 1.807) is 49.6 Å². The molecule has 25 heavy (non-hydrogen) atoms. The van der Waals surface area contributed by atoms with E-state index in [4.69, 9.17) is 15.9 Å². The maximum atomic E-state index is 12.2. The maximum absolute atomic E-state index is 12.2. The van der Waals surface area contributed by atoms with Gasteiger partial charge in [-0.15, -0.1) is 6.42 Å². The number of nitrogens with zero attached hydrogens (tertiary/aromatic N) is 1. The van der Waals surface area contributed by atoms with Crippen molar-refractivity contribution in [2.75, 3.05) is 24.4 Å². The minimum atomic E-state index is -0.420. The van der Waals surface area contributed by atoms with Crippen LogP contribution in [0.15, 0.2) is 42.5 Å². The Bertz CT molecular complexity index is 943. The second kappa shape index (κ2) is 7.27. The number of benzene rings is 2. The molecule has 7 heteroatoms. The topological polar surface area (TPSA) is 88.3 Å². The molecule has 3 rings (SSSR count). The van der Waals surface area contributed by atoms with Crippen LogP contribution in [0.3, 0.4) is 0 Å². The number of hydrogen-bond acceptors (Lipinski definition) is 4. The zero-order valence-corrected chi connectivity index (χ0v) is 13.5. The normalized spacial score (nSPS) is 10.1. The number of terminal acetylenes is 1. The van der Waals surface area contributed by atoms with Crippen LogP contribution in [0.1, 0.15) is 0 Å². The zero-order chi connectivity index (χ0) is 17.6. The molecule has 3 aromatic rings. The minimum absolute atomic E-state index is 0.169. The highest BCUT2D eigenvalue weighted by molar-refractivity contribution is 6.04. The monoisotopic (exact) mass is 336 g/mol. The van der Waals surface area contributed by atoms with Gasteiger partial charge in [0.1, 0.15) is 18.1 Å². The Labute approximate surface area is 144 Å². The van der Waals surface area contributed by atoms with Gasteiger partial charge in [-0.2, -0.15) is 5.10 Å². The zero-order valence-electron chi connectivity index (χ0n) is 13.5. The molecule has 0 fully saturated rings. The standard InChI is InChI=1S/C18H16N4O3/c1-3-9-25-14-7-8-16-15(11-14)17(22-21-16)20-18(23)19-12-5-4-6-13(10-12)24-2/h1,4-8,10-11H,9H2,2H3,(H3,19,20,21,22,23). The highest BCUT2D eigenvalue weighted by Gasteiger charge is 2.11. The highest BCUT2D eigenvalue weighted by atomic mass is 16.5. The number of anilines is 2. The van der Waals surface area contributed by atoms with E-state index >= 15 is 0 Å². The molecule has 7 nitrogen and oxygen atoms in total. The number of aromatic amines is 1. The lowest BCUT2D eigenvalue weighted by Crippen LogP contribution is -2.19. The number of carbonyl (C=O) groups excluding carboxylic acids is 1. The predicted molar refractivity (Wildman–Crippen MR) is 96.1 cm³/mol. The Kier molecular flexibility index (Phi) is 4.72. The first-order valence-corrected chi connectivity index (χ1v) is 7.46. The summed E-state index contributed by atoms with van der Waals surface area (Å²) in [6.45, 7) is 0.169. The van der Waals surface area contributed by atoms with E-state index in [1.807, 2.05) is 0 Å². The number of amides is 2. The number of carbonyl (C=O) groups is 1. The molecule has 3 N–H and O–H groups in total. The number of ether oxygens (including phenoxy) is 2. The van der Waals surface area contributed by atoms with E-state index in [0.29, 0.717) is 23.0 Å². The number of aromatic nitrogens is 2. The third kappa shape index (κ3) is 3.82. The number of nitrogens with one attached hydrogen (secondary N) is 3. The fourth-order valence-corrected chi connectivity index (χ4v) is 2.27. The Balaban J connectivity index is 1.75. The Morgan fingerprint density at radius 1 is 1.24 bits per heavy atom. The number of fused-ring (bicyclic) bond motifs is 1. The first-order valence-electron chi connectivity index (χ1n) is 7.46. The molecule has 2 aromatic carbocycles. The number of methoxy groups -OCH3 is 1. The number of urea groups is 1. The summed E-state index contributed by atoms with van der Waals surface area (Å²) in [6, 6.07) is 12.0. The summed E-state index contributed by atoms with van der Waals surface area (Å²) in [6.07, 6.45) is 5.19.